The molecule has 0 bridgehead atoms. The highest BCUT2D eigenvalue weighted by molar-refractivity contribution is 6.99. The van der Waals surface area contributed by atoms with Crippen molar-refractivity contribution in [3.63, 3.8) is 0 Å². The SMILES string of the molecule is CC(C)(C)[Si](OCCc1noc(-c2cccc(CNc3ccc4[nH]nc(C(=O)O)c4c3)c2O)n1)(c1ccccc1)c1ccccc1. The summed E-state index contributed by atoms with van der Waals surface area (Å²) in [6, 6.07) is 31.5. The van der Waals surface area contributed by atoms with E-state index in [2.05, 4.69) is 95.0 Å². The molecule has 2 heterocycles. The smallest absolute Gasteiger partial charge is 0.357 e. The van der Waals surface area contributed by atoms with Crippen LogP contribution in [0.15, 0.2) is 102 Å². The first-order valence-corrected chi connectivity index (χ1v) is 16.9. The molecule has 11 heteroatoms. The normalized spacial score (nSPS) is 12.0. The van der Waals surface area contributed by atoms with E-state index in [9.17, 15) is 15.0 Å². The summed E-state index contributed by atoms with van der Waals surface area (Å²) in [5.74, 6) is -0.393. The van der Waals surface area contributed by atoms with Gasteiger partial charge in [0.15, 0.2) is 11.5 Å². The van der Waals surface area contributed by atoms with Gasteiger partial charge in [-0.1, -0.05) is 98.7 Å². The number of para-hydroxylation sites is 1. The molecule has 0 saturated heterocycles. The van der Waals surface area contributed by atoms with E-state index >= 15 is 0 Å². The molecule has 0 aliphatic rings. The van der Waals surface area contributed by atoms with Gasteiger partial charge in [-0.3, -0.25) is 5.10 Å². The van der Waals surface area contributed by atoms with Crippen LogP contribution < -0.4 is 15.7 Å². The number of fused-ring (bicyclic) bond motifs is 1. The van der Waals surface area contributed by atoms with Crippen molar-refractivity contribution in [3.05, 3.63) is 114 Å². The zero-order valence-corrected chi connectivity index (χ0v) is 26.8. The van der Waals surface area contributed by atoms with Gasteiger partial charge in [0.05, 0.1) is 11.1 Å². The van der Waals surface area contributed by atoms with E-state index in [1.54, 1.807) is 24.3 Å². The second-order valence-electron chi connectivity index (χ2n) is 12.1. The van der Waals surface area contributed by atoms with Crippen molar-refractivity contribution in [3.8, 4) is 17.2 Å². The number of hydrogen-bond acceptors (Lipinski definition) is 8. The van der Waals surface area contributed by atoms with Gasteiger partial charge < -0.3 is 24.5 Å². The van der Waals surface area contributed by atoms with Gasteiger partial charge >= 0.3 is 5.97 Å². The standard InChI is InChI=1S/C35H35N5O5Si/c1-35(2,3)46(25-12-6-4-7-13-25,26-14-8-5-9-15-26)44-20-19-30-37-33(45-40-30)27-16-10-11-23(32(27)41)22-36-24-17-18-29-28(21-24)31(34(42)43)39-38-29/h4-18,21,36,41H,19-20,22H2,1-3H3,(H,38,39)(H,42,43). The second-order valence-corrected chi connectivity index (χ2v) is 16.4. The van der Waals surface area contributed by atoms with Crippen LogP contribution in [0.25, 0.3) is 22.4 Å². The molecule has 0 unspecified atom stereocenters. The second kappa shape index (κ2) is 12.6. The van der Waals surface area contributed by atoms with Crippen LogP contribution in [0.5, 0.6) is 5.75 Å². The Labute approximate surface area is 267 Å². The number of aromatic nitrogens is 4. The van der Waals surface area contributed by atoms with Crippen molar-refractivity contribution in [1.29, 1.82) is 0 Å². The molecule has 0 amide bonds. The maximum absolute atomic E-state index is 11.5. The van der Waals surface area contributed by atoms with Crippen LogP contribution in [0.2, 0.25) is 5.04 Å². The van der Waals surface area contributed by atoms with Crippen molar-refractivity contribution in [2.75, 3.05) is 11.9 Å². The van der Waals surface area contributed by atoms with Gasteiger partial charge in [-0.25, -0.2) is 4.79 Å². The quantitative estimate of drug-likeness (QED) is 0.131. The number of aromatic hydroxyl groups is 1. The summed E-state index contributed by atoms with van der Waals surface area (Å²) in [6.07, 6.45) is 0.435. The number of carbonyl (C=O) groups is 1. The van der Waals surface area contributed by atoms with Gasteiger partial charge in [-0.05, 0) is 39.7 Å². The van der Waals surface area contributed by atoms with Crippen LogP contribution in [-0.2, 0) is 17.4 Å². The highest BCUT2D eigenvalue weighted by atomic mass is 28.4. The molecule has 0 spiro atoms. The first-order valence-electron chi connectivity index (χ1n) is 15.0. The van der Waals surface area contributed by atoms with Crippen LogP contribution in [0.3, 0.4) is 0 Å². The minimum Gasteiger partial charge on any atom is -0.507 e. The summed E-state index contributed by atoms with van der Waals surface area (Å²) >= 11 is 0. The molecule has 0 atom stereocenters. The van der Waals surface area contributed by atoms with Gasteiger partial charge in [0.25, 0.3) is 14.2 Å². The highest BCUT2D eigenvalue weighted by Crippen LogP contribution is 2.37. The number of anilines is 1. The van der Waals surface area contributed by atoms with E-state index in [0.29, 0.717) is 46.6 Å². The van der Waals surface area contributed by atoms with Crippen LogP contribution in [0, 0.1) is 0 Å². The Kier molecular flexibility index (Phi) is 8.44. The molecule has 0 aliphatic heterocycles. The molecule has 10 nitrogen and oxygen atoms in total. The Balaban J connectivity index is 1.18. The molecule has 4 N–H and O–H groups in total. The summed E-state index contributed by atoms with van der Waals surface area (Å²) in [4.78, 5) is 16.1. The van der Waals surface area contributed by atoms with Gasteiger partial charge in [0.1, 0.15) is 5.75 Å². The summed E-state index contributed by atoms with van der Waals surface area (Å²) in [7, 11) is -2.70. The topological polar surface area (TPSA) is 146 Å². The molecular formula is C35H35N5O5Si. The fourth-order valence-electron chi connectivity index (χ4n) is 5.91. The maximum Gasteiger partial charge on any atom is 0.357 e. The molecule has 2 aromatic heterocycles. The number of nitrogens with zero attached hydrogens (tertiary/aromatic N) is 3. The number of phenolic OH excluding ortho intramolecular Hbond substituents is 1. The minimum atomic E-state index is -2.70. The third kappa shape index (κ3) is 5.89. The fraction of sp³-hybridized carbons (Fsp3) is 0.200. The van der Waals surface area contributed by atoms with E-state index in [4.69, 9.17) is 8.95 Å². The third-order valence-corrected chi connectivity index (χ3v) is 13.2. The van der Waals surface area contributed by atoms with E-state index < -0.39 is 14.3 Å². The van der Waals surface area contributed by atoms with E-state index in [1.165, 1.54) is 10.4 Å². The lowest BCUT2D eigenvalue weighted by Crippen LogP contribution is -2.66. The van der Waals surface area contributed by atoms with Gasteiger partial charge in [-0.2, -0.15) is 10.1 Å². The first kappa shape index (κ1) is 30.7. The fourth-order valence-corrected chi connectivity index (χ4v) is 10.5. The van der Waals surface area contributed by atoms with Crippen LogP contribution >= 0.6 is 0 Å². The summed E-state index contributed by atoms with van der Waals surface area (Å²) < 4.78 is 12.6. The molecule has 46 heavy (non-hydrogen) atoms. The zero-order chi connectivity index (χ0) is 32.3. The van der Waals surface area contributed by atoms with Gasteiger partial charge in [-0.15, -0.1) is 0 Å². The average molecular weight is 634 g/mol. The Hall–Kier alpha value is -5.26. The molecule has 6 aromatic rings. The number of benzene rings is 4. The van der Waals surface area contributed by atoms with Crippen LogP contribution in [0.4, 0.5) is 5.69 Å². The van der Waals surface area contributed by atoms with E-state index in [1.807, 2.05) is 24.3 Å². The van der Waals surface area contributed by atoms with Crippen LogP contribution in [-0.4, -0.2) is 51.4 Å². The average Bonchev–Trinajstić information content (AvgIpc) is 3.70. The van der Waals surface area contributed by atoms with Crippen molar-refractivity contribution >= 4 is 41.3 Å². The largest absolute Gasteiger partial charge is 0.507 e. The molecule has 4 aromatic carbocycles. The third-order valence-electron chi connectivity index (χ3n) is 8.13. The lowest BCUT2D eigenvalue weighted by molar-refractivity contribution is 0.0692. The van der Waals surface area contributed by atoms with Crippen LogP contribution in [0.1, 0.15) is 42.6 Å². The van der Waals surface area contributed by atoms with Crippen molar-refractivity contribution in [2.45, 2.75) is 38.8 Å². The molecule has 234 valence electrons. The molecule has 0 radical (unpaired) electrons. The predicted octanol–water partition coefficient (Wildman–Crippen LogP) is 5.75. The Morgan fingerprint density at radius 3 is 2.30 bits per heavy atom. The van der Waals surface area contributed by atoms with Gasteiger partial charge in [0.2, 0.25) is 0 Å². The maximum atomic E-state index is 11.5. The number of aromatic carboxylic acids is 1. The molecule has 0 fully saturated rings. The number of rotatable bonds is 11. The Morgan fingerprint density at radius 1 is 0.957 bits per heavy atom. The lowest BCUT2D eigenvalue weighted by atomic mass is 10.1. The van der Waals surface area contributed by atoms with Gasteiger partial charge in [0, 0.05) is 36.2 Å². The number of phenols is 1. The summed E-state index contributed by atoms with van der Waals surface area (Å²) in [5.41, 5.74) is 2.29. The number of hydrogen-bond donors (Lipinski definition) is 4. The zero-order valence-electron chi connectivity index (χ0n) is 25.8. The molecule has 0 aliphatic carbocycles. The van der Waals surface area contributed by atoms with E-state index in [-0.39, 0.29) is 28.9 Å². The summed E-state index contributed by atoms with van der Waals surface area (Å²) in [6.45, 7) is 7.38. The number of aromatic amines is 1. The monoisotopic (exact) mass is 633 g/mol. The van der Waals surface area contributed by atoms with Crippen molar-refractivity contribution < 1.29 is 24.0 Å². The molecule has 0 saturated carbocycles. The Bertz CT molecular complexity index is 1930. The number of nitrogens with one attached hydrogen (secondary N) is 2. The highest BCUT2D eigenvalue weighted by Gasteiger charge is 2.50. The van der Waals surface area contributed by atoms with E-state index in [0.717, 1.165) is 0 Å². The molecular weight excluding hydrogens is 599 g/mol. The molecule has 6 rings (SSSR count). The lowest BCUT2D eigenvalue weighted by Gasteiger charge is -2.43. The number of H-pyrrole nitrogens is 1. The van der Waals surface area contributed by atoms with Crippen molar-refractivity contribution in [2.24, 2.45) is 0 Å². The number of carboxylic acids is 1. The first-order chi connectivity index (χ1) is 22.2. The summed E-state index contributed by atoms with van der Waals surface area (Å²) in [5, 5.41) is 37.3. The minimum absolute atomic E-state index is 0.0179. The Morgan fingerprint density at radius 2 is 1.65 bits per heavy atom. The predicted molar refractivity (Wildman–Crippen MR) is 179 cm³/mol. The van der Waals surface area contributed by atoms with Crippen molar-refractivity contribution in [1.82, 2.24) is 20.3 Å². The number of carboxylic acid groups (broad SMARTS) is 1.